The van der Waals surface area contributed by atoms with E-state index in [1.165, 1.54) is 41.3 Å². The van der Waals surface area contributed by atoms with Gasteiger partial charge in [0.15, 0.2) is 11.5 Å². The van der Waals surface area contributed by atoms with Crippen LogP contribution in [0.3, 0.4) is 0 Å². The molecule has 0 fully saturated rings. The Morgan fingerprint density at radius 1 is 1.08 bits per heavy atom. The quantitative estimate of drug-likeness (QED) is 0.488. The van der Waals surface area contributed by atoms with Gasteiger partial charge < -0.3 is 19.7 Å². The van der Waals surface area contributed by atoms with E-state index in [4.69, 9.17) is 9.47 Å². The standard InChI is InChI=1S/C25H32FN3O6S/c1-5-21(25(31)27-13-17(2)3)28(14-18-6-8-19(26)9-7-18)24(30)15-29(36(4,32)33)20-10-11-22-23(12-20)35-16-34-22/h6-12,17,21H,5,13-16H2,1-4H3,(H,27,31). The number of halogens is 1. The molecule has 11 heteroatoms. The zero-order valence-corrected chi connectivity index (χ0v) is 21.7. The van der Waals surface area contributed by atoms with Gasteiger partial charge in [0.05, 0.1) is 11.9 Å². The number of amides is 2. The lowest BCUT2D eigenvalue weighted by Gasteiger charge is -2.33. The Balaban J connectivity index is 1.92. The number of nitrogens with zero attached hydrogens (tertiary/aromatic N) is 2. The summed E-state index contributed by atoms with van der Waals surface area (Å²) in [6, 6.07) is 9.35. The van der Waals surface area contributed by atoms with Crippen LogP contribution in [0.2, 0.25) is 0 Å². The van der Waals surface area contributed by atoms with Gasteiger partial charge >= 0.3 is 0 Å². The van der Waals surface area contributed by atoms with Crippen molar-refractivity contribution in [2.75, 3.05) is 30.4 Å². The van der Waals surface area contributed by atoms with E-state index in [1.807, 2.05) is 13.8 Å². The number of hydrogen-bond acceptors (Lipinski definition) is 6. The lowest BCUT2D eigenvalue weighted by molar-refractivity contribution is -0.140. The molecule has 196 valence electrons. The molecule has 1 unspecified atom stereocenters. The Labute approximate surface area is 211 Å². The van der Waals surface area contributed by atoms with Crippen molar-refractivity contribution in [3.63, 3.8) is 0 Å². The number of benzene rings is 2. The molecular formula is C25H32FN3O6S. The number of hydrogen-bond donors (Lipinski definition) is 1. The van der Waals surface area contributed by atoms with Crippen LogP contribution in [-0.2, 0) is 26.2 Å². The second-order valence-corrected chi connectivity index (χ2v) is 10.9. The van der Waals surface area contributed by atoms with Crippen molar-refractivity contribution < 1.29 is 31.9 Å². The van der Waals surface area contributed by atoms with Gasteiger partial charge in [0, 0.05) is 19.2 Å². The van der Waals surface area contributed by atoms with Gasteiger partial charge in [-0.3, -0.25) is 13.9 Å². The first-order chi connectivity index (χ1) is 17.0. The number of ether oxygens (including phenoxy) is 2. The Morgan fingerprint density at radius 2 is 1.75 bits per heavy atom. The van der Waals surface area contributed by atoms with Crippen molar-refractivity contribution in [3.05, 3.63) is 53.8 Å². The molecule has 1 N–H and O–H groups in total. The maximum Gasteiger partial charge on any atom is 0.244 e. The van der Waals surface area contributed by atoms with Gasteiger partial charge in [-0.1, -0.05) is 32.9 Å². The van der Waals surface area contributed by atoms with Crippen molar-refractivity contribution in [3.8, 4) is 11.5 Å². The number of carbonyl (C=O) groups is 2. The van der Waals surface area contributed by atoms with Crippen LogP contribution >= 0.6 is 0 Å². The molecule has 0 radical (unpaired) electrons. The first-order valence-electron chi connectivity index (χ1n) is 11.7. The van der Waals surface area contributed by atoms with Gasteiger partial charge in [0.25, 0.3) is 0 Å². The van der Waals surface area contributed by atoms with Crippen LogP contribution < -0.4 is 19.1 Å². The summed E-state index contributed by atoms with van der Waals surface area (Å²) in [5.41, 5.74) is 0.836. The van der Waals surface area contributed by atoms with Crippen molar-refractivity contribution in [2.24, 2.45) is 5.92 Å². The number of anilines is 1. The predicted octanol–water partition coefficient (Wildman–Crippen LogP) is 2.90. The predicted molar refractivity (Wildman–Crippen MR) is 134 cm³/mol. The minimum atomic E-state index is -3.88. The molecule has 2 aromatic rings. The van der Waals surface area contributed by atoms with Crippen molar-refractivity contribution in [2.45, 2.75) is 39.8 Å². The molecule has 3 rings (SSSR count). The van der Waals surface area contributed by atoms with Crippen molar-refractivity contribution >= 4 is 27.5 Å². The normalized spacial score (nSPS) is 13.4. The molecule has 0 spiro atoms. The summed E-state index contributed by atoms with van der Waals surface area (Å²) in [6.07, 6.45) is 1.31. The second-order valence-electron chi connectivity index (χ2n) is 9.02. The van der Waals surface area contributed by atoms with E-state index in [0.717, 1.165) is 10.6 Å². The number of sulfonamides is 1. The molecule has 9 nitrogen and oxygen atoms in total. The Morgan fingerprint density at radius 3 is 2.36 bits per heavy atom. The molecular weight excluding hydrogens is 489 g/mol. The minimum absolute atomic E-state index is 0.00542. The van der Waals surface area contributed by atoms with E-state index in [9.17, 15) is 22.4 Å². The fourth-order valence-corrected chi connectivity index (χ4v) is 4.62. The number of fused-ring (bicyclic) bond motifs is 1. The molecule has 0 aliphatic carbocycles. The first-order valence-corrected chi connectivity index (χ1v) is 13.5. The Hall–Kier alpha value is -3.34. The van der Waals surface area contributed by atoms with E-state index >= 15 is 0 Å². The van der Waals surface area contributed by atoms with E-state index in [0.29, 0.717) is 30.0 Å². The molecule has 0 bridgehead atoms. The van der Waals surface area contributed by atoms with Crippen LogP contribution in [-0.4, -0.2) is 57.3 Å². The highest BCUT2D eigenvalue weighted by Gasteiger charge is 2.32. The highest BCUT2D eigenvalue weighted by molar-refractivity contribution is 7.92. The monoisotopic (exact) mass is 521 g/mol. The summed E-state index contributed by atoms with van der Waals surface area (Å²) in [4.78, 5) is 28.0. The number of carbonyl (C=O) groups excluding carboxylic acids is 2. The molecule has 1 heterocycles. The highest BCUT2D eigenvalue weighted by Crippen LogP contribution is 2.36. The third-order valence-electron chi connectivity index (χ3n) is 5.66. The summed E-state index contributed by atoms with van der Waals surface area (Å²) in [5.74, 6) is -0.283. The topological polar surface area (TPSA) is 105 Å². The lowest BCUT2D eigenvalue weighted by Crippen LogP contribution is -2.52. The van der Waals surface area contributed by atoms with Crippen LogP contribution in [0, 0.1) is 11.7 Å². The van der Waals surface area contributed by atoms with E-state index in [2.05, 4.69) is 5.32 Å². The minimum Gasteiger partial charge on any atom is -0.454 e. The molecule has 2 aromatic carbocycles. The van der Waals surface area contributed by atoms with E-state index < -0.39 is 34.3 Å². The van der Waals surface area contributed by atoms with Gasteiger partial charge in [0.2, 0.25) is 28.6 Å². The third-order valence-corrected chi connectivity index (χ3v) is 6.80. The van der Waals surface area contributed by atoms with Crippen LogP contribution in [0.15, 0.2) is 42.5 Å². The van der Waals surface area contributed by atoms with Gasteiger partial charge in [-0.2, -0.15) is 0 Å². The largest absolute Gasteiger partial charge is 0.454 e. The lowest BCUT2D eigenvalue weighted by atomic mass is 10.1. The summed E-state index contributed by atoms with van der Waals surface area (Å²) >= 11 is 0. The summed E-state index contributed by atoms with van der Waals surface area (Å²) < 4.78 is 50.5. The molecule has 1 aliphatic heterocycles. The van der Waals surface area contributed by atoms with Crippen LogP contribution in [0.1, 0.15) is 32.8 Å². The molecule has 36 heavy (non-hydrogen) atoms. The maximum absolute atomic E-state index is 13.6. The average Bonchev–Trinajstić information content (AvgIpc) is 3.29. The van der Waals surface area contributed by atoms with Crippen LogP contribution in [0.25, 0.3) is 0 Å². The zero-order valence-electron chi connectivity index (χ0n) is 20.9. The SMILES string of the molecule is CCC(C(=O)NCC(C)C)N(Cc1ccc(F)cc1)C(=O)CN(c1ccc2c(c1)OCO2)S(C)(=O)=O. The summed E-state index contributed by atoms with van der Waals surface area (Å²) in [6.45, 7) is 5.61. The van der Waals surface area contributed by atoms with Crippen LogP contribution in [0.5, 0.6) is 11.5 Å². The van der Waals surface area contributed by atoms with Crippen molar-refractivity contribution in [1.29, 1.82) is 0 Å². The fourth-order valence-electron chi connectivity index (χ4n) is 3.78. The van der Waals surface area contributed by atoms with Crippen LogP contribution in [0.4, 0.5) is 10.1 Å². The highest BCUT2D eigenvalue weighted by atomic mass is 32.2. The molecule has 0 saturated carbocycles. The summed E-state index contributed by atoms with van der Waals surface area (Å²) in [5, 5.41) is 2.85. The van der Waals surface area contributed by atoms with Gasteiger partial charge in [-0.05, 0) is 42.2 Å². The second kappa shape index (κ2) is 11.6. The van der Waals surface area contributed by atoms with E-state index in [-0.39, 0.29) is 30.9 Å². The summed E-state index contributed by atoms with van der Waals surface area (Å²) in [7, 11) is -3.88. The maximum atomic E-state index is 13.6. The number of nitrogens with one attached hydrogen (secondary N) is 1. The zero-order chi connectivity index (χ0) is 26.5. The first kappa shape index (κ1) is 27.3. The van der Waals surface area contributed by atoms with Gasteiger partial charge in [-0.25, -0.2) is 12.8 Å². The smallest absolute Gasteiger partial charge is 0.244 e. The molecule has 2 amide bonds. The Bertz CT molecular complexity index is 1190. The van der Waals surface area contributed by atoms with Gasteiger partial charge in [0.1, 0.15) is 18.4 Å². The molecule has 0 saturated heterocycles. The number of rotatable bonds is 11. The molecule has 0 aromatic heterocycles. The van der Waals surface area contributed by atoms with Gasteiger partial charge in [-0.15, -0.1) is 0 Å². The molecule has 1 aliphatic rings. The third kappa shape index (κ3) is 6.87. The Kier molecular flexibility index (Phi) is 8.78. The van der Waals surface area contributed by atoms with Crippen molar-refractivity contribution in [1.82, 2.24) is 10.2 Å². The average molecular weight is 522 g/mol. The fraction of sp³-hybridized carbons (Fsp3) is 0.440. The molecule has 1 atom stereocenters. The van der Waals surface area contributed by atoms with E-state index in [1.54, 1.807) is 13.0 Å².